The van der Waals surface area contributed by atoms with E-state index in [-0.39, 0.29) is 17.1 Å². The zero-order valence-electron chi connectivity index (χ0n) is 10.7. The second-order valence-corrected chi connectivity index (χ2v) is 5.33. The minimum Gasteiger partial charge on any atom is -0.508 e. The third kappa shape index (κ3) is 3.46. The van der Waals surface area contributed by atoms with E-state index in [2.05, 4.69) is 5.32 Å². The van der Waals surface area contributed by atoms with Gasteiger partial charge in [-0.25, -0.2) is 0 Å². The highest BCUT2D eigenvalue weighted by molar-refractivity contribution is 5.95. The van der Waals surface area contributed by atoms with Gasteiger partial charge in [0.1, 0.15) is 5.75 Å². The van der Waals surface area contributed by atoms with Gasteiger partial charge in [-0.2, -0.15) is 0 Å². The van der Waals surface area contributed by atoms with Crippen molar-refractivity contribution >= 4 is 11.6 Å². The van der Waals surface area contributed by atoms with Crippen LogP contribution in [0.4, 0.5) is 5.69 Å². The Kier molecular flexibility index (Phi) is 3.78. The van der Waals surface area contributed by atoms with Gasteiger partial charge < -0.3 is 16.2 Å². The van der Waals surface area contributed by atoms with E-state index in [4.69, 9.17) is 5.73 Å². The lowest BCUT2D eigenvalue weighted by atomic mass is 9.87. The maximum absolute atomic E-state index is 11.9. The van der Waals surface area contributed by atoms with Crippen molar-refractivity contribution in [3.63, 3.8) is 0 Å². The number of benzene rings is 1. The van der Waals surface area contributed by atoms with E-state index in [9.17, 15) is 9.90 Å². The monoisotopic (exact) mass is 236 g/mol. The zero-order chi connectivity index (χ0) is 13.2. The van der Waals surface area contributed by atoms with Crippen molar-refractivity contribution in [1.29, 1.82) is 0 Å². The molecule has 1 unspecified atom stereocenters. The average Bonchev–Trinajstić information content (AvgIpc) is 2.21. The molecule has 4 heteroatoms. The number of aryl methyl sites for hydroxylation is 1. The van der Waals surface area contributed by atoms with Crippen LogP contribution in [0.1, 0.15) is 26.3 Å². The smallest absolute Gasteiger partial charge is 0.241 e. The molecule has 1 aromatic carbocycles. The van der Waals surface area contributed by atoms with Crippen LogP contribution in [-0.2, 0) is 4.79 Å². The molecule has 1 aromatic rings. The summed E-state index contributed by atoms with van der Waals surface area (Å²) in [6, 6.07) is 4.34. The van der Waals surface area contributed by atoms with E-state index in [1.807, 2.05) is 20.8 Å². The van der Waals surface area contributed by atoms with Crippen LogP contribution in [0.25, 0.3) is 0 Å². The molecule has 0 saturated carbocycles. The van der Waals surface area contributed by atoms with Crippen molar-refractivity contribution in [3.8, 4) is 5.75 Å². The van der Waals surface area contributed by atoms with Crippen LogP contribution in [0.3, 0.4) is 0 Å². The molecule has 4 nitrogen and oxygen atoms in total. The number of hydrogen-bond acceptors (Lipinski definition) is 3. The summed E-state index contributed by atoms with van der Waals surface area (Å²) in [6.45, 7) is 7.52. The maximum Gasteiger partial charge on any atom is 0.241 e. The SMILES string of the molecule is Cc1cc(NC(=O)C(N)C(C)(C)C)ccc1O. The third-order valence-electron chi connectivity index (χ3n) is 2.68. The molecule has 1 atom stereocenters. The number of hydrogen-bond donors (Lipinski definition) is 3. The average molecular weight is 236 g/mol. The van der Waals surface area contributed by atoms with Gasteiger partial charge in [0.15, 0.2) is 0 Å². The quantitative estimate of drug-likeness (QED) is 0.687. The number of amides is 1. The normalized spacial score (nSPS) is 13.2. The van der Waals surface area contributed by atoms with Crippen molar-refractivity contribution in [2.45, 2.75) is 33.7 Å². The number of rotatable bonds is 2. The van der Waals surface area contributed by atoms with E-state index in [0.717, 1.165) is 0 Å². The van der Waals surface area contributed by atoms with Crippen molar-refractivity contribution < 1.29 is 9.90 Å². The Morgan fingerprint density at radius 1 is 1.41 bits per heavy atom. The lowest BCUT2D eigenvalue weighted by molar-refractivity contribution is -0.119. The summed E-state index contributed by atoms with van der Waals surface area (Å²) in [6.07, 6.45) is 0. The number of phenols is 1. The fraction of sp³-hybridized carbons (Fsp3) is 0.462. The molecule has 94 valence electrons. The Labute approximate surface area is 102 Å². The number of nitrogens with one attached hydrogen (secondary N) is 1. The third-order valence-corrected chi connectivity index (χ3v) is 2.68. The van der Waals surface area contributed by atoms with Gasteiger partial charge in [-0.05, 0) is 36.1 Å². The number of nitrogens with two attached hydrogens (primary N) is 1. The van der Waals surface area contributed by atoms with Crippen molar-refractivity contribution in [2.75, 3.05) is 5.32 Å². The fourth-order valence-electron chi connectivity index (χ4n) is 1.35. The molecule has 0 aliphatic carbocycles. The van der Waals surface area contributed by atoms with Gasteiger partial charge in [-0.15, -0.1) is 0 Å². The van der Waals surface area contributed by atoms with Gasteiger partial charge in [0, 0.05) is 5.69 Å². The molecule has 1 amide bonds. The predicted molar refractivity (Wildman–Crippen MR) is 68.9 cm³/mol. The molecule has 4 N–H and O–H groups in total. The Bertz CT molecular complexity index is 422. The molecule has 0 bridgehead atoms. The highest BCUT2D eigenvalue weighted by atomic mass is 16.3. The Morgan fingerprint density at radius 2 is 2.00 bits per heavy atom. The highest BCUT2D eigenvalue weighted by Gasteiger charge is 2.27. The van der Waals surface area contributed by atoms with E-state index >= 15 is 0 Å². The Balaban J connectivity index is 2.78. The number of phenolic OH excluding ortho intramolecular Hbond substituents is 1. The first-order valence-electron chi connectivity index (χ1n) is 5.58. The lowest BCUT2D eigenvalue weighted by Gasteiger charge is -2.25. The van der Waals surface area contributed by atoms with Gasteiger partial charge in [0.2, 0.25) is 5.91 Å². The van der Waals surface area contributed by atoms with Crippen LogP contribution >= 0.6 is 0 Å². The minimum atomic E-state index is -0.573. The summed E-state index contributed by atoms with van der Waals surface area (Å²) in [5, 5.41) is 12.1. The Morgan fingerprint density at radius 3 is 2.47 bits per heavy atom. The molecule has 0 aromatic heterocycles. The van der Waals surface area contributed by atoms with Gasteiger partial charge in [-0.1, -0.05) is 20.8 Å². The molecule has 1 rings (SSSR count). The van der Waals surface area contributed by atoms with Crippen LogP contribution in [0.5, 0.6) is 5.75 Å². The van der Waals surface area contributed by atoms with Crippen LogP contribution < -0.4 is 11.1 Å². The standard InChI is InChI=1S/C13H20N2O2/c1-8-7-9(5-6-10(8)16)15-12(17)11(14)13(2,3)4/h5-7,11,16H,14H2,1-4H3,(H,15,17). The second kappa shape index (κ2) is 4.75. The molecule has 17 heavy (non-hydrogen) atoms. The van der Waals surface area contributed by atoms with E-state index in [1.165, 1.54) is 0 Å². The molecule has 0 saturated heterocycles. The van der Waals surface area contributed by atoms with E-state index in [1.54, 1.807) is 25.1 Å². The van der Waals surface area contributed by atoms with Gasteiger partial charge >= 0.3 is 0 Å². The molecular weight excluding hydrogens is 216 g/mol. The predicted octanol–water partition coefficient (Wildman–Crippen LogP) is 2.01. The summed E-state index contributed by atoms with van der Waals surface area (Å²) in [5.41, 5.74) is 6.93. The highest BCUT2D eigenvalue weighted by Crippen LogP contribution is 2.22. The molecule has 0 spiro atoms. The van der Waals surface area contributed by atoms with E-state index in [0.29, 0.717) is 11.3 Å². The first kappa shape index (κ1) is 13.5. The summed E-state index contributed by atoms with van der Waals surface area (Å²) in [7, 11) is 0. The summed E-state index contributed by atoms with van der Waals surface area (Å²) in [5.74, 6) is -0.00860. The molecular formula is C13H20N2O2. The van der Waals surface area contributed by atoms with Crippen molar-refractivity contribution in [2.24, 2.45) is 11.1 Å². The van der Waals surface area contributed by atoms with Crippen LogP contribution in [0, 0.1) is 12.3 Å². The second-order valence-electron chi connectivity index (χ2n) is 5.33. The molecule has 0 aliphatic heterocycles. The first-order valence-corrected chi connectivity index (χ1v) is 5.58. The number of aromatic hydroxyl groups is 1. The molecule has 0 aliphatic rings. The molecule has 0 radical (unpaired) electrons. The zero-order valence-corrected chi connectivity index (χ0v) is 10.7. The number of anilines is 1. The van der Waals surface area contributed by atoms with Gasteiger partial charge in [0.05, 0.1) is 6.04 Å². The molecule has 0 fully saturated rings. The van der Waals surface area contributed by atoms with Crippen LogP contribution in [0.15, 0.2) is 18.2 Å². The summed E-state index contributed by atoms with van der Waals surface area (Å²) >= 11 is 0. The van der Waals surface area contributed by atoms with E-state index < -0.39 is 6.04 Å². The lowest BCUT2D eigenvalue weighted by Crippen LogP contribution is -2.45. The van der Waals surface area contributed by atoms with Crippen LogP contribution in [-0.4, -0.2) is 17.1 Å². The van der Waals surface area contributed by atoms with Crippen molar-refractivity contribution in [3.05, 3.63) is 23.8 Å². The topological polar surface area (TPSA) is 75.4 Å². The van der Waals surface area contributed by atoms with Gasteiger partial charge in [-0.3, -0.25) is 4.79 Å². The van der Waals surface area contributed by atoms with Crippen LogP contribution in [0.2, 0.25) is 0 Å². The summed E-state index contributed by atoms with van der Waals surface area (Å²) in [4.78, 5) is 11.9. The minimum absolute atomic E-state index is 0.211. The summed E-state index contributed by atoms with van der Waals surface area (Å²) < 4.78 is 0. The maximum atomic E-state index is 11.9. The van der Waals surface area contributed by atoms with Gasteiger partial charge in [0.25, 0.3) is 0 Å². The number of carbonyl (C=O) groups is 1. The largest absolute Gasteiger partial charge is 0.508 e. The molecule has 0 heterocycles. The first-order chi connectivity index (χ1) is 7.71. The fourth-order valence-corrected chi connectivity index (χ4v) is 1.35. The van der Waals surface area contributed by atoms with Crippen molar-refractivity contribution in [1.82, 2.24) is 0 Å². The Hall–Kier alpha value is -1.55. The number of carbonyl (C=O) groups excluding carboxylic acids is 1.